The summed E-state index contributed by atoms with van der Waals surface area (Å²) in [6.07, 6.45) is 0. The molecular formula is C18H14ClN3O. The van der Waals surface area contributed by atoms with E-state index in [1.54, 1.807) is 7.11 Å². The Labute approximate surface area is 138 Å². The molecular weight excluding hydrogens is 310 g/mol. The average Bonchev–Trinajstić information content (AvgIpc) is 2.95. The summed E-state index contributed by atoms with van der Waals surface area (Å²) in [5.41, 5.74) is 4.64. The quantitative estimate of drug-likeness (QED) is 0.544. The van der Waals surface area contributed by atoms with Gasteiger partial charge in [0, 0.05) is 17.0 Å². The lowest BCUT2D eigenvalue weighted by Crippen LogP contribution is -1.97. The van der Waals surface area contributed by atoms with Gasteiger partial charge in [-0.3, -0.25) is 0 Å². The van der Waals surface area contributed by atoms with Crippen molar-refractivity contribution in [3.8, 4) is 17.0 Å². The van der Waals surface area contributed by atoms with Crippen molar-refractivity contribution in [2.75, 3.05) is 7.11 Å². The van der Waals surface area contributed by atoms with E-state index in [4.69, 9.17) is 21.3 Å². The number of para-hydroxylation sites is 1. The Morgan fingerprint density at radius 1 is 1.09 bits per heavy atom. The summed E-state index contributed by atoms with van der Waals surface area (Å²) in [6, 6.07) is 15.8. The summed E-state index contributed by atoms with van der Waals surface area (Å²) >= 11 is 6.14. The number of hydrogen-bond donors (Lipinski definition) is 0. The van der Waals surface area contributed by atoms with Gasteiger partial charge in [-0.2, -0.15) is 5.10 Å². The zero-order valence-corrected chi connectivity index (χ0v) is 13.5. The molecule has 0 aliphatic rings. The van der Waals surface area contributed by atoms with Crippen molar-refractivity contribution in [3.63, 3.8) is 0 Å². The predicted molar refractivity (Wildman–Crippen MR) is 92.2 cm³/mol. The van der Waals surface area contributed by atoms with Crippen molar-refractivity contribution in [1.82, 2.24) is 14.6 Å². The van der Waals surface area contributed by atoms with Crippen LogP contribution in [0, 0.1) is 6.92 Å². The van der Waals surface area contributed by atoms with Gasteiger partial charge in [0.2, 0.25) is 0 Å². The Bertz CT molecular complexity index is 1040. The molecule has 0 bridgehead atoms. The van der Waals surface area contributed by atoms with E-state index in [0.29, 0.717) is 10.8 Å². The third-order valence-electron chi connectivity index (χ3n) is 3.85. The topological polar surface area (TPSA) is 39.4 Å². The minimum atomic E-state index is 0.585. The molecule has 4 nitrogen and oxygen atoms in total. The van der Waals surface area contributed by atoms with Crippen LogP contribution in [0.15, 0.2) is 48.5 Å². The van der Waals surface area contributed by atoms with Gasteiger partial charge < -0.3 is 4.74 Å². The molecule has 5 heteroatoms. The van der Waals surface area contributed by atoms with Gasteiger partial charge in [-0.25, -0.2) is 9.50 Å². The molecule has 0 saturated heterocycles. The lowest BCUT2D eigenvalue weighted by molar-refractivity contribution is 0.415. The summed E-state index contributed by atoms with van der Waals surface area (Å²) in [5.74, 6) is 0.639. The molecule has 0 saturated carbocycles. The van der Waals surface area contributed by atoms with Gasteiger partial charge in [0.15, 0.2) is 5.65 Å². The molecule has 0 amide bonds. The second-order valence-corrected chi connectivity index (χ2v) is 5.79. The predicted octanol–water partition coefficient (Wildman–Crippen LogP) is 4.52. The number of aryl methyl sites for hydroxylation is 1. The van der Waals surface area contributed by atoms with Crippen LogP contribution in [0.4, 0.5) is 0 Å². The van der Waals surface area contributed by atoms with Gasteiger partial charge in [-0.05, 0) is 25.1 Å². The largest absolute Gasteiger partial charge is 0.495 e. The van der Waals surface area contributed by atoms with Crippen molar-refractivity contribution in [2.24, 2.45) is 0 Å². The fraction of sp³-hybridized carbons (Fsp3) is 0.111. The number of benzene rings is 2. The molecule has 4 rings (SSSR count). The van der Waals surface area contributed by atoms with Gasteiger partial charge >= 0.3 is 0 Å². The first-order valence-electron chi connectivity index (χ1n) is 7.26. The van der Waals surface area contributed by atoms with Crippen LogP contribution in [0.3, 0.4) is 0 Å². The van der Waals surface area contributed by atoms with Crippen LogP contribution in [0.25, 0.3) is 27.8 Å². The van der Waals surface area contributed by atoms with E-state index in [0.717, 1.165) is 33.5 Å². The first-order chi connectivity index (χ1) is 11.2. The molecule has 2 aromatic carbocycles. The standard InChI is InChI=1S/C18H14ClN3O/c1-11-9-17-20-18(12-7-8-14(19)16(10-12)23-2)13-5-3-4-6-15(13)22(17)21-11/h3-10H,1-2H3. The van der Waals surface area contributed by atoms with E-state index in [9.17, 15) is 0 Å². The van der Waals surface area contributed by atoms with Gasteiger partial charge in [0.1, 0.15) is 5.75 Å². The Morgan fingerprint density at radius 3 is 2.74 bits per heavy atom. The first kappa shape index (κ1) is 14.0. The summed E-state index contributed by atoms with van der Waals surface area (Å²) < 4.78 is 7.21. The molecule has 0 N–H and O–H groups in total. The van der Waals surface area contributed by atoms with Crippen LogP contribution in [0.1, 0.15) is 5.69 Å². The van der Waals surface area contributed by atoms with Gasteiger partial charge in [0.25, 0.3) is 0 Å². The van der Waals surface area contributed by atoms with E-state index in [2.05, 4.69) is 11.2 Å². The zero-order valence-electron chi connectivity index (χ0n) is 12.7. The van der Waals surface area contributed by atoms with E-state index in [-0.39, 0.29) is 0 Å². The first-order valence-corrected chi connectivity index (χ1v) is 7.64. The number of ether oxygens (including phenoxy) is 1. The summed E-state index contributed by atoms with van der Waals surface area (Å²) in [5, 5.41) is 6.15. The lowest BCUT2D eigenvalue weighted by Gasteiger charge is -2.10. The molecule has 0 fully saturated rings. The maximum absolute atomic E-state index is 6.14. The van der Waals surface area contributed by atoms with E-state index < -0.39 is 0 Å². The summed E-state index contributed by atoms with van der Waals surface area (Å²) in [6.45, 7) is 1.97. The molecule has 0 aliphatic heterocycles. The molecule has 2 heterocycles. The van der Waals surface area contributed by atoms with Crippen LogP contribution >= 0.6 is 11.6 Å². The minimum Gasteiger partial charge on any atom is -0.495 e. The minimum absolute atomic E-state index is 0.585. The lowest BCUT2D eigenvalue weighted by atomic mass is 10.1. The van der Waals surface area contributed by atoms with E-state index in [1.807, 2.05) is 53.9 Å². The zero-order chi connectivity index (χ0) is 16.0. The van der Waals surface area contributed by atoms with Crippen molar-refractivity contribution in [2.45, 2.75) is 6.92 Å². The molecule has 0 unspecified atom stereocenters. The van der Waals surface area contributed by atoms with Crippen LogP contribution in [0.5, 0.6) is 5.75 Å². The van der Waals surface area contributed by atoms with Gasteiger partial charge in [-0.1, -0.05) is 35.9 Å². The Kier molecular flexibility index (Phi) is 3.20. The van der Waals surface area contributed by atoms with Crippen LogP contribution < -0.4 is 4.74 Å². The Hall–Kier alpha value is -2.59. The Morgan fingerprint density at radius 2 is 1.91 bits per heavy atom. The number of halogens is 1. The maximum Gasteiger partial charge on any atom is 0.156 e. The van der Waals surface area contributed by atoms with Crippen molar-refractivity contribution >= 4 is 28.2 Å². The van der Waals surface area contributed by atoms with Crippen LogP contribution in [-0.2, 0) is 0 Å². The molecule has 23 heavy (non-hydrogen) atoms. The van der Waals surface area contributed by atoms with Crippen molar-refractivity contribution < 1.29 is 4.74 Å². The van der Waals surface area contributed by atoms with Crippen molar-refractivity contribution in [1.29, 1.82) is 0 Å². The second-order valence-electron chi connectivity index (χ2n) is 5.38. The number of nitrogens with zero attached hydrogens (tertiary/aromatic N) is 3. The molecule has 2 aromatic heterocycles. The fourth-order valence-corrected chi connectivity index (χ4v) is 3.00. The van der Waals surface area contributed by atoms with Gasteiger partial charge in [-0.15, -0.1) is 0 Å². The smallest absolute Gasteiger partial charge is 0.156 e. The highest BCUT2D eigenvalue weighted by Gasteiger charge is 2.13. The fourth-order valence-electron chi connectivity index (χ4n) is 2.80. The number of fused-ring (bicyclic) bond motifs is 3. The monoisotopic (exact) mass is 323 g/mol. The second kappa shape index (κ2) is 5.25. The molecule has 4 aromatic rings. The average molecular weight is 324 g/mol. The molecule has 0 aliphatic carbocycles. The highest BCUT2D eigenvalue weighted by atomic mass is 35.5. The highest BCUT2D eigenvalue weighted by molar-refractivity contribution is 6.32. The molecule has 0 spiro atoms. The Balaban J connectivity index is 2.09. The summed E-state index contributed by atoms with van der Waals surface area (Å²) in [7, 11) is 1.61. The van der Waals surface area contributed by atoms with Crippen LogP contribution in [-0.4, -0.2) is 21.7 Å². The molecule has 0 radical (unpaired) electrons. The van der Waals surface area contributed by atoms with E-state index in [1.165, 1.54) is 0 Å². The van der Waals surface area contributed by atoms with Crippen LogP contribution in [0.2, 0.25) is 5.02 Å². The van der Waals surface area contributed by atoms with Crippen molar-refractivity contribution in [3.05, 3.63) is 59.2 Å². The maximum atomic E-state index is 6.14. The van der Waals surface area contributed by atoms with E-state index >= 15 is 0 Å². The highest BCUT2D eigenvalue weighted by Crippen LogP contribution is 2.33. The summed E-state index contributed by atoms with van der Waals surface area (Å²) in [4.78, 5) is 4.80. The third-order valence-corrected chi connectivity index (χ3v) is 4.16. The van der Waals surface area contributed by atoms with Gasteiger partial charge in [0.05, 0.1) is 29.0 Å². The number of hydrogen-bond acceptors (Lipinski definition) is 3. The number of methoxy groups -OCH3 is 1. The molecule has 0 atom stereocenters. The SMILES string of the molecule is COc1cc(-c2nc3cc(C)nn3c3ccccc23)ccc1Cl. The number of aromatic nitrogens is 3. The number of rotatable bonds is 2. The third kappa shape index (κ3) is 2.23. The normalized spacial score (nSPS) is 11.3. The molecule has 114 valence electrons.